The van der Waals surface area contributed by atoms with Crippen LogP contribution in [0.25, 0.3) is 16.7 Å². The SMILES string of the molecule is Cn1c2ccccc2n2c(=O)nc(SCC(=O)c3ccc(Cl)cc3)c(C#N)c12. The Labute approximate surface area is 169 Å². The Morgan fingerprint density at radius 3 is 2.54 bits per heavy atom. The summed E-state index contributed by atoms with van der Waals surface area (Å²) in [5.41, 5.74) is 2.27. The Morgan fingerprint density at radius 2 is 1.86 bits per heavy atom. The van der Waals surface area contributed by atoms with Gasteiger partial charge in [-0.1, -0.05) is 35.5 Å². The number of hydrogen-bond acceptors (Lipinski definition) is 5. The van der Waals surface area contributed by atoms with Gasteiger partial charge in [0.05, 0.1) is 16.8 Å². The van der Waals surface area contributed by atoms with Crippen LogP contribution >= 0.6 is 23.4 Å². The van der Waals surface area contributed by atoms with E-state index in [0.29, 0.717) is 21.7 Å². The maximum Gasteiger partial charge on any atom is 0.355 e. The first-order valence-electron chi connectivity index (χ1n) is 8.33. The van der Waals surface area contributed by atoms with Crippen LogP contribution in [0.1, 0.15) is 15.9 Å². The predicted molar refractivity (Wildman–Crippen MR) is 109 cm³/mol. The zero-order chi connectivity index (χ0) is 19.8. The van der Waals surface area contributed by atoms with Crippen molar-refractivity contribution in [3.8, 4) is 6.07 Å². The van der Waals surface area contributed by atoms with Crippen LogP contribution in [0.4, 0.5) is 0 Å². The van der Waals surface area contributed by atoms with E-state index in [0.717, 1.165) is 17.3 Å². The van der Waals surface area contributed by atoms with E-state index < -0.39 is 5.69 Å². The number of carbonyl (C=O) groups is 1. The quantitative estimate of drug-likeness (QED) is 0.292. The Bertz CT molecular complexity index is 1330. The number of thioether (sulfide) groups is 1. The van der Waals surface area contributed by atoms with Crippen LogP contribution in [0, 0.1) is 11.3 Å². The van der Waals surface area contributed by atoms with Gasteiger partial charge in [0.15, 0.2) is 5.78 Å². The van der Waals surface area contributed by atoms with Gasteiger partial charge in [-0.25, -0.2) is 9.20 Å². The predicted octanol–water partition coefficient (Wildman–Crippen LogP) is 3.69. The van der Waals surface area contributed by atoms with E-state index in [4.69, 9.17) is 11.6 Å². The lowest BCUT2D eigenvalue weighted by Gasteiger charge is -2.06. The molecule has 2 heterocycles. The van der Waals surface area contributed by atoms with E-state index >= 15 is 0 Å². The van der Waals surface area contributed by atoms with Crippen molar-refractivity contribution in [2.24, 2.45) is 7.05 Å². The molecule has 0 unspecified atom stereocenters. The normalized spacial score (nSPS) is 11.0. The molecule has 2 aromatic carbocycles. The van der Waals surface area contributed by atoms with Crippen LogP contribution in [0.5, 0.6) is 0 Å². The van der Waals surface area contributed by atoms with Crippen LogP contribution in [-0.4, -0.2) is 25.5 Å². The van der Waals surface area contributed by atoms with E-state index in [1.807, 2.05) is 24.3 Å². The molecular formula is C20H13ClN4O2S. The summed E-state index contributed by atoms with van der Waals surface area (Å²) in [5, 5.41) is 10.5. The molecule has 6 nitrogen and oxygen atoms in total. The maximum atomic E-state index is 12.7. The van der Waals surface area contributed by atoms with E-state index in [-0.39, 0.29) is 22.1 Å². The summed E-state index contributed by atoms with van der Waals surface area (Å²) >= 11 is 6.93. The number of nitrogens with zero attached hydrogens (tertiary/aromatic N) is 4. The van der Waals surface area contributed by atoms with E-state index in [1.54, 1.807) is 35.9 Å². The summed E-state index contributed by atoms with van der Waals surface area (Å²) in [4.78, 5) is 29.2. The monoisotopic (exact) mass is 408 g/mol. The summed E-state index contributed by atoms with van der Waals surface area (Å²) in [6.07, 6.45) is 0. The number of nitriles is 1. The van der Waals surface area contributed by atoms with Gasteiger partial charge in [-0.2, -0.15) is 10.2 Å². The minimum absolute atomic E-state index is 0.0584. The number of para-hydroxylation sites is 2. The molecule has 138 valence electrons. The number of aryl methyl sites for hydroxylation is 1. The van der Waals surface area contributed by atoms with Gasteiger partial charge >= 0.3 is 5.69 Å². The number of carbonyl (C=O) groups excluding carboxylic acids is 1. The zero-order valence-electron chi connectivity index (χ0n) is 14.7. The summed E-state index contributed by atoms with van der Waals surface area (Å²) in [6, 6.07) is 16.1. The fourth-order valence-corrected chi connectivity index (χ4v) is 4.12. The van der Waals surface area contributed by atoms with Gasteiger partial charge in [-0.05, 0) is 36.4 Å². The van der Waals surface area contributed by atoms with Crippen molar-refractivity contribution in [3.05, 3.63) is 75.2 Å². The van der Waals surface area contributed by atoms with Crippen LogP contribution in [0.2, 0.25) is 5.02 Å². The summed E-state index contributed by atoms with van der Waals surface area (Å²) in [7, 11) is 1.80. The standard InChI is InChI=1S/C20H13ClN4O2S/c1-24-15-4-2-3-5-16(15)25-19(24)14(10-22)18(23-20(25)27)28-11-17(26)12-6-8-13(21)9-7-12/h2-9H,11H2,1H3. The second-order valence-electron chi connectivity index (χ2n) is 6.11. The number of halogens is 1. The molecule has 0 amide bonds. The number of fused-ring (bicyclic) bond motifs is 3. The molecule has 0 aliphatic rings. The molecule has 0 spiro atoms. The highest BCUT2D eigenvalue weighted by Gasteiger charge is 2.20. The Hall–Kier alpha value is -3.08. The van der Waals surface area contributed by atoms with E-state index in [2.05, 4.69) is 11.1 Å². The first-order valence-corrected chi connectivity index (χ1v) is 9.69. The van der Waals surface area contributed by atoms with E-state index in [1.165, 1.54) is 4.40 Å². The average Bonchev–Trinajstić information content (AvgIpc) is 3.00. The molecule has 0 saturated carbocycles. The molecule has 2 aromatic heterocycles. The number of ketones is 1. The molecule has 0 radical (unpaired) electrons. The first-order chi connectivity index (χ1) is 13.5. The fraction of sp³-hybridized carbons (Fsp3) is 0.100. The van der Waals surface area contributed by atoms with Crippen molar-refractivity contribution in [2.45, 2.75) is 5.03 Å². The fourth-order valence-electron chi connectivity index (χ4n) is 3.13. The third-order valence-electron chi connectivity index (χ3n) is 4.46. The highest BCUT2D eigenvalue weighted by molar-refractivity contribution is 8.00. The van der Waals surface area contributed by atoms with Gasteiger partial charge in [0.2, 0.25) is 0 Å². The molecule has 4 rings (SSSR count). The highest BCUT2D eigenvalue weighted by Crippen LogP contribution is 2.27. The lowest BCUT2D eigenvalue weighted by molar-refractivity contribution is 0.102. The van der Waals surface area contributed by atoms with Crippen molar-refractivity contribution in [1.29, 1.82) is 5.26 Å². The number of rotatable bonds is 4. The largest absolute Gasteiger partial charge is 0.355 e. The van der Waals surface area contributed by atoms with Gasteiger partial charge in [0.25, 0.3) is 0 Å². The van der Waals surface area contributed by atoms with Gasteiger partial charge in [0, 0.05) is 17.6 Å². The van der Waals surface area contributed by atoms with Crippen molar-refractivity contribution in [3.63, 3.8) is 0 Å². The second kappa shape index (κ2) is 7.15. The molecule has 28 heavy (non-hydrogen) atoms. The van der Waals surface area contributed by atoms with Crippen LogP contribution in [-0.2, 0) is 7.05 Å². The molecule has 0 aliphatic heterocycles. The Balaban J connectivity index is 1.78. The molecule has 0 bridgehead atoms. The molecule has 0 atom stereocenters. The number of aromatic nitrogens is 3. The van der Waals surface area contributed by atoms with Gasteiger partial charge in [0.1, 0.15) is 22.3 Å². The third-order valence-corrected chi connectivity index (χ3v) is 5.68. The van der Waals surface area contributed by atoms with E-state index in [9.17, 15) is 14.9 Å². The molecular weight excluding hydrogens is 396 g/mol. The summed E-state index contributed by atoms with van der Waals surface area (Å²) < 4.78 is 3.22. The molecule has 4 aromatic rings. The second-order valence-corrected chi connectivity index (χ2v) is 7.51. The Kier molecular flexibility index (Phi) is 4.67. The molecule has 8 heteroatoms. The third kappa shape index (κ3) is 2.97. The van der Waals surface area contributed by atoms with Crippen molar-refractivity contribution in [2.75, 3.05) is 5.75 Å². The van der Waals surface area contributed by atoms with Gasteiger partial charge < -0.3 is 4.57 Å². The first kappa shape index (κ1) is 18.3. The molecule has 0 fully saturated rings. The molecule has 0 saturated heterocycles. The number of hydrogen-bond donors (Lipinski definition) is 0. The van der Waals surface area contributed by atoms with Crippen LogP contribution in [0.3, 0.4) is 0 Å². The lowest BCUT2D eigenvalue weighted by Crippen LogP contribution is -2.19. The van der Waals surface area contributed by atoms with Crippen molar-refractivity contribution >= 4 is 45.8 Å². The van der Waals surface area contributed by atoms with Crippen molar-refractivity contribution in [1.82, 2.24) is 14.0 Å². The Morgan fingerprint density at radius 1 is 1.18 bits per heavy atom. The molecule has 0 N–H and O–H groups in total. The minimum Gasteiger partial charge on any atom is -0.327 e. The lowest BCUT2D eigenvalue weighted by atomic mass is 10.1. The van der Waals surface area contributed by atoms with Crippen molar-refractivity contribution < 1.29 is 4.79 Å². The van der Waals surface area contributed by atoms with Gasteiger partial charge in [-0.15, -0.1) is 0 Å². The van der Waals surface area contributed by atoms with Crippen LogP contribution in [0.15, 0.2) is 58.4 Å². The average molecular weight is 409 g/mol. The molecule has 0 aliphatic carbocycles. The number of Topliss-reactive ketones (excluding diaryl/α,β-unsaturated/α-hetero) is 1. The smallest absolute Gasteiger partial charge is 0.327 e. The number of benzene rings is 2. The topological polar surface area (TPSA) is 80.2 Å². The summed E-state index contributed by atoms with van der Waals surface area (Å²) in [6.45, 7) is 0. The minimum atomic E-state index is -0.479. The number of imidazole rings is 1. The van der Waals surface area contributed by atoms with Gasteiger partial charge in [-0.3, -0.25) is 4.79 Å². The summed E-state index contributed by atoms with van der Waals surface area (Å²) in [5.74, 6) is -0.0762. The highest BCUT2D eigenvalue weighted by atomic mass is 35.5. The van der Waals surface area contributed by atoms with Crippen LogP contribution < -0.4 is 5.69 Å². The maximum absolute atomic E-state index is 12.7. The zero-order valence-corrected chi connectivity index (χ0v) is 16.3.